The number of rotatable bonds is 5. The Morgan fingerprint density at radius 2 is 1.23 bits per heavy atom. The summed E-state index contributed by atoms with van der Waals surface area (Å²) in [4.78, 5) is 24.3. The number of amides is 2. The van der Waals surface area contributed by atoms with Crippen LogP contribution in [0.5, 0.6) is 5.75 Å². The first kappa shape index (κ1) is 23.1. The van der Waals surface area contributed by atoms with Gasteiger partial charge in [0.1, 0.15) is 23.6 Å². The van der Waals surface area contributed by atoms with E-state index in [9.17, 15) is 9.59 Å². The molecule has 162 valence electrons. The lowest BCUT2D eigenvalue weighted by Gasteiger charge is -2.21. The smallest absolute Gasteiger partial charge is 0.412 e. The summed E-state index contributed by atoms with van der Waals surface area (Å²) in [6, 6.07) is 14.5. The molecule has 0 aliphatic carbocycles. The SMILES string of the molecule is CC(C)(C)OC(=O)Nc1cc(COc2ccccc2)cc(NC(=O)OC(C)(C)C)c1. The third-order valence-corrected chi connectivity index (χ3v) is 3.43. The Hall–Kier alpha value is -3.22. The zero-order chi connectivity index (χ0) is 22.4. The Morgan fingerprint density at radius 3 is 1.67 bits per heavy atom. The predicted molar refractivity (Wildman–Crippen MR) is 117 cm³/mol. The van der Waals surface area contributed by atoms with Gasteiger partial charge in [-0.3, -0.25) is 10.6 Å². The average molecular weight is 415 g/mol. The van der Waals surface area contributed by atoms with E-state index in [1.807, 2.05) is 30.3 Å². The Kier molecular flexibility index (Phi) is 7.32. The van der Waals surface area contributed by atoms with Gasteiger partial charge in [-0.05, 0) is 77.4 Å². The molecule has 0 spiro atoms. The number of anilines is 2. The number of ether oxygens (including phenoxy) is 3. The minimum atomic E-state index is -0.629. The lowest BCUT2D eigenvalue weighted by atomic mass is 10.1. The molecule has 2 amide bonds. The molecule has 0 radical (unpaired) electrons. The second kappa shape index (κ2) is 9.52. The largest absolute Gasteiger partial charge is 0.489 e. The highest BCUT2D eigenvalue weighted by atomic mass is 16.6. The van der Waals surface area contributed by atoms with Crippen LogP contribution in [0.15, 0.2) is 48.5 Å². The Labute approximate surface area is 177 Å². The van der Waals surface area contributed by atoms with Gasteiger partial charge in [0.25, 0.3) is 0 Å². The van der Waals surface area contributed by atoms with Gasteiger partial charge in [-0.15, -0.1) is 0 Å². The molecular formula is C23H30N2O5. The van der Waals surface area contributed by atoms with Gasteiger partial charge in [0.2, 0.25) is 0 Å². The number of benzene rings is 2. The summed E-state index contributed by atoms with van der Waals surface area (Å²) in [5.41, 5.74) is 0.415. The van der Waals surface area contributed by atoms with E-state index < -0.39 is 23.4 Å². The van der Waals surface area contributed by atoms with E-state index in [0.29, 0.717) is 17.1 Å². The maximum atomic E-state index is 12.2. The minimum absolute atomic E-state index is 0.247. The van der Waals surface area contributed by atoms with Crippen LogP contribution in [0, 0.1) is 0 Å². The molecule has 2 rings (SSSR count). The van der Waals surface area contributed by atoms with Gasteiger partial charge in [-0.2, -0.15) is 0 Å². The molecule has 2 N–H and O–H groups in total. The summed E-state index contributed by atoms with van der Waals surface area (Å²) < 4.78 is 16.4. The number of hydrogen-bond acceptors (Lipinski definition) is 5. The molecule has 30 heavy (non-hydrogen) atoms. The van der Waals surface area contributed by atoms with E-state index in [1.54, 1.807) is 59.7 Å². The first-order valence-electron chi connectivity index (χ1n) is 9.71. The molecule has 0 heterocycles. The Bertz CT molecular complexity index is 819. The van der Waals surface area contributed by atoms with Crippen LogP contribution < -0.4 is 15.4 Å². The van der Waals surface area contributed by atoms with Crippen molar-refractivity contribution in [2.45, 2.75) is 59.4 Å². The van der Waals surface area contributed by atoms with Crippen LogP contribution in [-0.2, 0) is 16.1 Å². The molecule has 2 aromatic rings. The van der Waals surface area contributed by atoms with Crippen LogP contribution in [0.2, 0.25) is 0 Å². The van der Waals surface area contributed by atoms with E-state index >= 15 is 0 Å². The van der Waals surface area contributed by atoms with Crippen LogP contribution in [0.1, 0.15) is 47.1 Å². The normalized spacial score (nSPS) is 11.4. The molecule has 0 bridgehead atoms. The van der Waals surface area contributed by atoms with Crippen molar-refractivity contribution in [2.75, 3.05) is 10.6 Å². The predicted octanol–water partition coefficient (Wildman–Crippen LogP) is 5.96. The number of para-hydroxylation sites is 1. The van der Waals surface area contributed by atoms with Gasteiger partial charge in [-0.1, -0.05) is 18.2 Å². The first-order valence-corrected chi connectivity index (χ1v) is 9.71. The standard InChI is InChI=1S/C23H30N2O5/c1-22(2,3)29-20(26)24-17-12-16(15-28-19-10-8-7-9-11-19)13-18(14-17)25-21(27)30-23(4,5)6/h7-14H,15H2,1-6H3,(H,24,26)(H,25,27). The van der Waals surface area contributed by atoms with Crippen molar-refractivity contribution in [1.82, 2.24) is 0 Å². The van der Waals surface area contributed by atoms with Crippen LogP contribution in [0.3, 0.4) is 0 Å². The summed E-state index contributed by atoms with van der Waals surface area (Å²) in [5, 5.41) is 5.38. The maximum Gasteiger partial charge on any atom is 0.412 e. The van der Waals surface area contributed by atoms with Crippen molar-refractivity contribution in [1.29, 1.82) is 0 Å². The summed E-state index contributed by atoms with van der Waals surface area (Å²) >= 11 is 0. The molecule has 0 unspecified atom stereocenters. The van der Waals surface area contributed by atoms with Gasteiger partial charge in [-0.25, -0.2) is 9.59 Å². The molecule has 0 aliphatic heterocycles. The molecule has 0 saturated carbocycles. The third-order valence-electron chi connectivity index (χ3n) is 3.43. The van der Waals surface area contributed by atoms with E-state index in [0.717, 1.165) is 5.56 Å². The average Bonchev–Trinajstić information content (AvgIpc) is 2.57. The van der Waals surface area contributed by atoms with Gasteiger partial charge in [0, 0.05) is 11.4 Å². The highest BCUT2D eigenvalue weighted by Gasteiger charge is 2.18. The fourth-order valence-corrected chi connectivity index (χ4v) is 2.45. The van der Waals surface area contributed by atoms with Crippen LogP contribution in [0.4, 0.5) is 21.0 Å². The van der Waals surface area contributed by atoms with E-state index in [4.69, 9.17) is 14.2 Å². The third kappa shape index (κ3) is 8.86. The molecule has 0 fully saturated rings. The van der Waals surface area contributed by atoms with Crippen LogP contribution >= 0.6 is 0 Å². The fraction of sp³-hybridized carbons (Fsp3) is 0.391. The summed E-state index contributed by atoms with van der Waals surface area (Å²) in [6.07, 6.45) is -1.18. The Morgan fingerprint density at radius 1 is 0.767 bits per heavy atom. The molecule has 2 aromatic carbocycles. The lowest BCUT2D eigenvalue weighted by molar-refractivity contribution is 0.0625. The number of carbonyl (C=O) groups is 2. The molecule has 7 nitrogen and oxygen atoms in total. The van der Waals surface area contributed by atoms with Crippen molar-refractivity contribution in [2.24, 2.45) is 0 Å². The van der Waals surface area contributed by atoms with Gasteiger partial charge < -0.3 is 14.2 Å². The number of hydrogen-bond donors (Lipinski definition) is 2. The number of carbonyl (C=O) groups excluding carboxylic acids is 2. The molecular weight excluding hydrogens is 384 g/mol. The van der Waals surface area contributed by atoms with Gasteiger partial charge in [0.15, 0.2) is 0 Å². The highest BCUT2D eigenvalue weighted by molar-refractivity contribution is 5.89. The van der Waals surface area contributed by atoms with Crippen molar-refractivity contribution in [3.05, 3.63) is 54.1 Å². The minimum Gasteiger partial charge on any atom is -0.489 e. The molecule has 0 aliphatic rings. The second-order valence-corrected chi connectivity index (χ2v) is 8.77. The van der Waals surface area contributed by atoms with Crippen molar-refractivity contribution in [3.8, 4) is 5.75 Å². The molecule has 0 saturated heterocycles. The topological polar surface area (TPSA) is 85.9 Å². The van der Waals surface area contributed by atoms with Crippen molar-refractivity contribution < 1.29 is 23.8 Å². The van der Waals surface area contributed by atoms with Crippen LogP contribution in [0.25, 0.3) is 0 Å². The lowest BCUT2D eigenvalue weighted by Crippen LogP contribution is -2.28. The summed E-state index contributed by atoms with van der Waals surface area (Å²) in [6.45, 7) is 11.0. The maximum absolute atomic E-state index is 12.2. The van der Waals surface area contributed by atoms with E-state index in [2.05, 4.69) is 10.6 Å². The zero-order valence-corrected chi connectivity index (χ0v) is 18.4. The van der Waals surface area contributed by atoms with E-state index in [1.165, 1.54) is 0 Å². The highest BCUT2D eigenvalue weighted by Crippen LogP contribution is 2.23. The molecule has 0 aromatic heterocycles. The summed E-state index contributed by atoms with van der Waals surface area (Å²) in [7, 11) is 0. The molecule has 7 heteroatoms. The van der Waals surface area contributed by atoms with Crippen molar-refractivity contribution >= 4 is 23.6 Å². The summed E-state index contributed by atoms with van der Waals surface area (Å²) in [5.74, 6) is 0.713. The first-order chi connectivity index (χ1) is 13.9. The second-order valence-electron chi connectivity index (χ2n) is 8.77. The van der Waals surface area contributed by atoms with Crippen LogP contribution in [-0.4, -0.2) is 23.4 Å². The van der Waals surface area contributed by atoms with E-state index in [-0.39, 0.29) is 6.61 Å². The van der Waals surface area contributed by atoms with Crippen molar-refractivity contribution in [3.63, 3.8) is 0 Å². The fourth-order valence-electron chi connectivity index (χ4n) is 2.45. The number of nitrogens with one attached hydrogen (secondary N) is 2. The Balaban J connectivity index is 2.19. The quantitative estimate of drug-likeness (QED) is 0.630. The monoisotopic (exact) mass is 414 g/mol. The molecule has 0 atom stereocenters. The van der Waals surface area contributed by atoms with Gasteiger partial charge in [0.05, 0.1) is 0 Å². The zero-order valence-electron chi connectivity index (χ0n) is 18.4. The van der Waals surface area contributed by atoms with Gasteiger partial charge >= 0.3 is 12.2 Å².